The maximum atomic E-state index is 15.2. The van der Waals surface area contributed by atoms with E-state index in [-0.39, 0.29) is 36.2 Å². The normalized spacial score (nSPS) is 28.3. The van der Waals surface area contributed by atoms with Gasteiger partial charge in [0, 0.05) is 17.4 Å². The number of allylic oxidation sites excluding steroid dienone is 4. The topological polar surface area (TPSA) is 91.8 Å². The number of hydrogen-bond acceptors (Lipinski definition) is 5. The number of phenols is 1. The number of Topliss-reactive ketones (excluding diaryl/α,β-unsaturated/α-hetero) is 1. The first-order chi connectivity index (χ1) is 22.8. The number of halogens is 1. The molecule has 0 spiro atoms. The largest absolute Gasteiger partial charge is 0.505 e. The molecule has 47 heavy (non-hydrogen) atoms. The number of anilines is 1. The van der Waals surface area contributed by atoms with Gasteiger partial charge in [-0.1, -0.05) is 96.6 Å². The fraction of sp³-hybridized carbons (Fsp3) is 0.200. The Bertz CT molecular complexity index is 2020. The summed E-state index contributed by atoms with van der Waals surface area (Å²) in [4.78, 5) is 59.2. The average Bonchev–Trinajstić information content (AvgIpc) is 3.36. The third kappa shape index (κ3) is 4.15. The van der Waals surface area contributed by atoms with Crippen LogP contribution in [-0.4, -0.2) is 28.5 Å². The molecular formula is C40H30FNO5. The lowest BCUT2D eigenvalue weighted by atomic mass is 9.44. The molecule has 3 aliphatic carbocycles. The Balaban J connectivity index is 1.37. The zero-order chi connectivity index (χ0) is 32.4. The maximum Gasteiger partial charge on any atom is 0.238 e. The molecule has 0 aromatic heterocycles. The van der Waals surface area contributed by atoms with Crippen LogP contribution in [0.5, 0.6) is 5.75 Å². The van der Waals surface area contributed by atoms with Crippen LogP contribution in [-0.2, 0) is 24.6 Å². The zero-order valence-corrected chi connectivity index (χ0v) is 25.3. The monoisotopic (exact) mass is 623 g/mol. The van der Waals surface area contributed by atoms with Crippen LogP contribution in [0.1, 0.15) is 35.4 Å². The highest BCUT2D eigenvalue weighted by Gasteiger charge is 2.66. The van der Waals surface area contributed by atoms with Crippen molar-refractivity contribution in [3.8, 4) is 5.75 Å². The molecular weight excluding hydrogens is 593 g/mol. The molecule has 6 nitrogen and oxygen atoms in total. The number of phenolic OH excluding ortho intramolecular Hbond substituents is 1. The molecule has 6 atom stereocenters. The number of nitrogens with zero attached hydrogens (tertiary/aromatic N) is 1. The van der Waals surface area contributed by atoms with Gasteiger partial charge in [0.2, 0.25) is 11.8 Å². The lowest BCUT2D eigenvalue weighted by molar-refractivity contribution is -0.135. The second kappa shape index (κ2) is 10.8. The Morgan fingerprint density at radius 3 is 2.11 bits per heavy atom. The van der Waals surface area contributed by atoms with E-state index in [0.29, 0.717) is 28.0 Å². The van der Waals surface area contributed by atoms with Gasteiger partial charge in [0.25, 0.3) is 0 Å². The van der Waals surface area contributed by atoms with Crippen molar-refractivity contribution in [3.05, 3.63) is 149 Å². The Labute approximate surface area is 270 Å². The average molecular weight is 624 g/mol. The van der Waals surface area contributed by atoms with Crippen LogP contribution in [0.3, 0.4) is 0 Å². The molecule has 6 unspecified atom stereocenters. The van der Waals surface area contributed by atoms with E-state index >= 15 is 4.39 Å². The number of hydrogen-bond donors (Lipinski definition) is 1. The minimum atomic E-state index is -1.46. The Morgan fingerprint density at radius 1 is 0.766 bits per heavy atom. The highest BCUT2D eigenvalue weighted by atomic mass is 19.1. The van der Waals surface area contributed by atoms with Crippen LogP contribution < -0.4 is 4.90 Å². The van der Waals surface area contributed by atoms with Gasteiger partial charge in [-0.05, 0) is 65.8 Å². The predicted octanol–water partition coefficient (Wildman–Crippen LogP) is 6.56. The summed E-state index contributed by atoms with van der Waals surface area (Å²) in [5.41, 5.74) is 1.71. The van der Waals surface area contributed by atoms with E-state index in [0.717, 1.165) is 5.57 Å². The summed E-state index contributed by atoms with van der Waals surface area (Å²) in [5, 5.41) is 10.2. The molecule has 2 amide bonds. The highest BCUT2D eigenvalue weighted by molar-refractivity contribution is 6.32. The number of para-hydroxylation sites is 1. The Kier molecular flexibility index (Phi) is 6.69. The quantitative estimate of drug-likeness (QED) is 0.205. The van der Waals surface area contributed by atoms with Crippen LogP contribution in [0.2, 0.25) is 0 Å². The molecule has 7 heteroatoms. The van der Waals surface area contributed by atoms with E-state index in [1.165, 1.54) is 23.1 Å². The van der Waals surface area contributed by atoms with E-state index in [1.807, 2.05) is 60.7 Å². The Morgan fingerprint density at radius 2 is 1.43 bits per heavy atom. The maximum absolute atomic E-state index is 15.2. The number of amides is 2. The van der Waals surface area contributed by atoms with Gasteiger partial charge in [0.1, 0.15) is 0 Å². The standard InChI is InChI=1S/C40H30FNO5/c41-32-20-24(16-19-33(32)43)36-27-17-18-28-35(39(47)42(38(28)46)26-14-8-3-9-15-26)30(27)21-31-37(45)29(23-10-4-1-5-11-23)22-34(44)40(31,36)25-12-6-2-7-13-25/h1-17,19-20,22,28,30-31,35-36,43H,18,21H2. The van der Waals surface area contributed by atoms with Crippen molar-refractivity contribution in [1.82, 2.24) is 0 Å². The first-order valence-corrected chi connectivity index (χ1v) is 15.8. The third-order valence-electron chi connectivity index (χ3n) is 10.7. The molecule has 4 aromatic rings. The van der Waals surface area contributed by atoms with Crippen LogP contribution in [0.15, 0.2) is 127 Å². The molecule has 1 aliphatic heterocycles. The lowest BCUT2D eigenvalue weighted by Gasteiger charge is -2.55. The second-order valence-corrected chi connectivity index (χ2v) is 12.8. The van der Waals surface area contributed by atoms with Crippen LogP contribution in [0, 0.1) is 29.5 Å². The van der Waals surface area contributed by atoms with E-state index in [4.69, 9.17) is 0 Å². The second-order valence-electron chi connectivity index (χ2n) is 12.8. The van der Waals surface area contributed by atoms with Crippen molar-refractivity contribution in [2.45, 2.75) is 24.2 Å². The summed E-state index contributed by atoms with van der Waals surface area (Å²) >= 11 is 0. The first kappa shape index (κ1) is 29.0. The van der Waals surface area contributed by atoms with Crippen molar-refractivity contribution in [2.75, 3.05) is 4.90 Å². The molecule has 0 bridgehead atoms. The summed E-state index contributed by atoms with van der Waals surface area (Å²) in [6.45, 7) is 0. The molecule has 4 aliphatic rings. The molecule has 1 heterocycles. The molecule has 1 saturated heterocycles. The van der Waals surface area contributed by atoms with E-state index in [2.05, 4.69) is 0 Å². The highest BCUT2D eigenvalue weighted by Crippen LogP contribution is 2.63. The van der Waals surface area contributed by atoms with Gasteiger partial charge in [0.15, 0.2) is 23.1 Å². The predicted molar refractivity (Wildman–Crippen MR) is 174 cm³/mol. The van der Waals surface area contributed by atoms with Gasteiger partial charge in [-0.3, -0.25) is 24.1 Å². The van der Waals surface area contributed by atoms with Crippen LogP contribution in [0.25, 0.3) is 5.57 Å². The molecule has 1 N–H and O–H groups in total. The van der Waals surface area contributed by atoms with Gasteiger partial charge < -0.3 is 5.11 Å². The number of fused-ring (bicyclic) bond motifs is 4. The number of ketones is 2. The zero-order valence-electron chi connectivity index (χ0n) is 25.3. The van der Waals surface area contributed by atoms with E-state index < -0.39 is 46.6 Å². The van der Waals surface area contributed by atoms with Crippen molar-refractivity contribution in [2.24, 2.45) is 23.7 Å². The van der Waals surface area contributed by atoms with Gasteiger partial charge in [-0.25, -0.2) is 4.39 Å². The lowest BCUT2D eigenvalue weighted by Crippen LogP contribution is -2.58. The fourth-order valence-corrected chi connectivity index (χ4v) is 8.78. The molecule has 4 aromatic carbocycles. The van der Waals surface area contributed by atoms with Crippen LogP contribution >= 0.6 is 0 Å². The molecule has 8 rings (SSSR count). The minimum Gasteiger partial charge on any atom is -0.505 e. The van der Waals surface area contributed by atoms with Gasteiger partial charge in [-0.2, -0.15) is 0 Å². The fourth-order valence-electron chi connectivity index (χ4n) is 8.78. The molecule has 2 fully saturated rings. The van der Waals surface area contributed by atoms with E-state index in [1.54, 1.807) is 42.5 Å². The van der Waals surface area contributed by atoms with Gasteiger partial charge >= 0.3 is 0 Å². The summed E-state index contributed by atoms with van der Waals surface area (Å²) in [6, 6.07) is 31.1. The van der Waals surface area contributed by atoms with Gasteiger partial charge in [0.05, 0.1) is 22.9 Å². The first-order valence-electron chi connectivity index (χ1n) is 15.8. The smallest absolute Gasteiger partial charge is 0.238 e. The number of benzene rings is 4. The SMILES string of the molecule is O=C1C(c2ccccc2)=CC(=O)C2(c3ccccc3)C1CC1C(=CCC3C(=O)N(c4ccccc4)C(=O)C31)C2c1ccc(O)c(F)c1. The number of aromatic hydroxyl groups is 1. The van der Waals surface area contributed by atoms with E-state index in [9.17, 15) is 24.3 Å². The summed E-state index contributed by atoms with van der Waals surface area (Å²) in [5.74, 6) is -6.23. The number of carbonyl (C=O) groups excluding carboxylic acids is 4. The molecule has 232 valence electrons. The van der Waals surface area contributed by atoms with Crippen molar-refractivity contribution >= 4 is 34.6 Å². The van der Waals surface area contributed by atoms with Crippen molar-refractivity contribution < 1.29 is 28.7 Å². The van der Waals surface area contributed by atoms with Crippen LogP contribution in [0.4, 0.5) is 10.1 Å². The molecule has 1 saturated carbocycles. The third-order valence-corrected chi connectivity index (χ3v) is 10.7. The minimum absolute atomic E-state index is 0.162. The number of imide groups is 1. The summed E-state index contributed by atoms with van der Waals surface area (Å²) in [6.07, 6.45) is 3.80. The van der Waals surface area contributed by atoms with Crippen molar-refractivity contribution in [3.63, 3.8) is 0 Å². The number of carbonyl (C=O) groups is 4. The Hall–Kier alpha value is -5.43. The number of rotatable bonds is 4. The molecule has 0 radical (unpaired) electrons. The van der Waals surface area contributed by atoms with Crippen molar-refractivity contribution in [1.29, 1.82) is 0 Å². The summed E-state index contributed by atoms with van der Waals surface area (Å²) < 4.78 is 15.2. The summed E-state index contributed by atoms with van der Waals surface area (Å²) in [7, 11) is 0. The van der Waals surface area contributed by atoms with Gasteiger partial charge in [-0.15, -0.1) is 0 Å².